The first-order valence-corrected chi connectivity index (χ1v) is 3.07. The summed E-state index contributed by atoms with van der Waals surface area (Å²) < 4.78 is 35.0. The highest BCUT2D eigenvalue weighted by molar-refractivity contribution is 4.81. The van der Waals surface area contributed by atoms with E-state index < -0.39 is 12.1 Å². The Bertz CT molecular complexity index is 99.4. The van der Waals surface area contributed by atoms with E-state index in [-0.39, 0.29) is 5.92 Å². The van der Waals surface area contributed by atoms with Crippen molar-refractivity contribution in [1.29, 1.82) is 0 Å². The van der Waals surface area contributed by atoms with Crippen molar-refractivity contribution in [3.05, 3.63) is 0 Å². The zero-order valence-electron chi connectivity index (χ0n) is 5.20. The number of hydrogen-bond acceptors (Lipinski definition) is 0. The van der Waals surface area contributed by atoms with Crippen molar-refractivity contribution in [2.24, 2.45) is 11.8 Å². The standard InChI is InChI=1S/C6H9F3/c1-4-2-5(3-4)6(7,8)9/h4-5H,2-3H2,1H3/t4-,5-. The maximum absolute atomic E-state index is 11.7. The molecule has 1 aliphatic carbocycles. The first-order chi connectivity index (χ1) is 4.00. The van der Waals surface area contributed by atoms with Crippen LogP contribution in [0, 0.1) is 11.8 Å². The quantitative estimate of drug-likeness (QED) is 0.482. The molecule has 54 valence electrons. The highest BCUT2D eigenvalue weighted by atomic mass is 19.4. The van der Waals surface area contributed by atoms with Gasteiger partial charge in [-0.2, -0.15) is 13.2 Å². The third-order valence-electron chi connectivity index (χ3n) is 1.84. The van der Waals surface area contributed by atoms with E-state index in [1.165, 1.54) is 0 Å². The van der Waals surface area contributed by atoms with E-state index in [1.807, 2.05) is 6.92 Å². The Morgan fingerprint density at radius 1 is 1.22 bits per heavy atom. The number of rotatable bonds is 0. The Labute approximate surface area is 52.1 Å². The number of alkyl halides is 3. The summed E-state index contributed by atoms with van der Waals surface area (Å²) >= 11 is 0. The van der Waals surface area contributed by atoms with Crippen LogP contribution < -0.4 is 0 Å². The highest BCUT2D eigenvalue weighted by Gasteiger charge is 2.45. The molecule has 3 heteroatoms. The smallest absolute Gasteiger partial charge is 0.171 e. The lowest BCUT2D eigenvalue weighted by Gasteiger charge is -2.33. The van der Waals surface area contributed by atoms with E-state index in [0.717, 1.165) is 0 Å². The summed E-state index contributed by atoms with van der Waals surface area (Å²) in [7, 11) is 0. The van der Waals surface area contributed by atoms with Crippen LogP contribution in [0.1, 0.15) is 19.8 Å². The molecule has 1 fully saturated rings. The number of hydrogen-bond donors (Lipinski definition) is 0. The lowest BCUT2D eigenvalue weighted by atomic mass is 9.76. The van der Waals surface area contributed by atoms with E-state index in [1.54, 1.807) is 0 Å². The highest BCUT2D eigenvalue weighted by Crippen LogP contribution is 2.44. The van der Waals surface area contributed by atoms with E-state index in [9.17, 15) is 13.2 Å². The fourth-order valence-corrected chi connectivity index (χ4v) is 1.17. The van der Waals surface area contributed by atoms with Gasteiger partial charge in [-0.3, -0.25) is 0 Å². The van der Waals surface area contributed by atoms with Gasteiger partial charge in [-0.05, 0) is 18.8 Å². The largest absolute Gasteiger partial charge is 0.391 e. The van der Waals surface area contributed by atoms with Crippen LogP contribution in [0.5, 0.6) is 0 Å². The SMILES string of the molecule is C[C@H]1C[C@H](C(F)(F)F)C1. The molecule has 0 radical (unpaired) electrons. The predicted octanol–water partition coefficient (Wildman–Crippen LogP) is 2.59. The summed E-state index contributed by atoms with van der Waals surface area (Å²) in [5.41, 5.74) is 0. The molecule has 0 aromatic carbocycles. The van der Waals surface area contributed by atoms with E-state index in [0.29, 0.717) is 12.8 Å². The van der Waals surface area contributed by atoms with E-state index in [2.05, 4.69) is 0 Å². The molecule has 0 aliphatic heterocycles. The van der Waals surface area contributed by atoms with Crippen LogP contribution in [-0.4, -0.2) is 6.18 Å². The molecule has 0 unspecified atom stereocenters. The van der Waals surface area contributed by atoms with Gasteiger partial charge in [-0.15, -0.1) is 0 Å². The second-order valence-electron chi connectivity index (χ2n) is 2.82. The minimum atomic E-state index is -3.92. The van der Waals surface area contributed by atoms with Crippen LogP contribution in [-0.2, 0) is 0 Å². The molecule has 1 rings (SSSR count). The van der Waals surface area contributed by atoms with Gasteiger partial charge in [0.2, 0.25) is 0 Å². The first-order valence-electron chi connectivity index (χ1n) is 3.07. The van der Waals surface area contributed by atoms with Crippen LogP contribution in [0.4, 0.5) is 13.2 Å². The van der Waals surface area contributed by atoms with Gasteiger partial charge in [-0.1, -0.05) is 6.92 Å². The minimum Gasteiger partial charge on any atom is -0.171 e. The molecule has 0 atom stereocenters. The lowest BCUT2D eigenvalue weighted by Crippen LogP contribution is -2.34. The molecule has 9 heavy (non-hydrogen) atoms. The minimum absolute atomic E-state index is 0.289. The third kappa shape index (κ3) is 1.37. The molecule has 1 saturated carbocycles. The van der Waals surface area contributed by atoms with Gasteiger partial charge in [0.15, 0.2) is 0 Å². The van der Waals surface area contributed by atoms with Gasteiger partial charge in [0.05, 0.1) is 5.92 Å². The summed E-state index contributed by atoms with van der Waals surface area (Å²) in [6, 6.07) is 0. The van der Waals surface area contributed by atoms with E-state index in [4.69, 9.17) is 0 Å². The van der Waals surface area contributed by atoms with Crippen LogP contribution in [0.3, 0.4) is 0 Å². The van der Waals surface area contributed by atoms with Crippen LogP contribution >= 0.6 is 0 Å². The molecule has 0 amide bonds. The van der Waals surface area contributed by atoms with Gasteiger partial charge in [-0.25, -0.2) is 0 Å². The Balaban J connectivity index is 2.32. The summed E-state index contributed by atoms with van der Waals surface area (Å²) in [6.45, 7) is 1.85. The van der Waals surface area contributed by atoms with Crippen LogP contribution in [0.15, 0.2) is 0 Å². The molecule has 1 aliphatic rings. The molecule has 0 N–H and O–H groups in total. The molecule has 0 aromatic rings. The third-order valence-corrected chi connectivity index (χ3v) is 1.84. The predicted molar refractivity (Wildman–Crippen MR) is 27.9 cm³/mol. The number of halogens is 3. The monoisotopic (exact) mass is 138 g/mol. The Kier molecular flexibility index (Phi) is 1.45. The van der Waals surface area contributed by atoms with Gasteiger partial charge < -0.3 is 0 Å². The van der Waals surface area contributed by atoms with Crippen LogP contribution in [0.2, 0.25) is 0 Å². The summed E-state index contributed by atoms with van der Waals surface area (Å²) in [5.74, 6) is -0.705. The first kappa shape index (κ1) is 6.90. The van der Waals surface area contributed by atoms with Crippen LogP contribution in [0.25, 0.3) is 0 Å². The normalized spacial score (nSPS) is 36.0. The lowest BCUT2D eigenvalue weighted by molar-refractivity contribution is -0.202. The van der Waals surface area contributed by atoms with Gasteiger partial charge in [0, 0.05) is 0 Å². The molecular formula is C6H9F3. The fraction of sp³-hybridized carbons (Fsp3) is 1.00. The second-order valence-corrected chi connectivity index (χ2v) is 2.82. The molecule has 0 spiro atoms. The zero-order chi connectivity index (χ0) is 7.07. The van der Waals surface area contributed by atoms with Crippen molar-refractivity contribution in [2.45, 2.75) is 25.9 Å². The van der Waals surface area contributed by atoms with Crippen molar-refractivity contribution in [3.63, 3.8) is 0 Å². The molecule has 0 nitrogen and oxygen atoms in total. The van der Waals surface area contributed by atoms with Crippen molar-refractivity contribution in [2.75, 3.05) is 0 Å². The van der Waals surface area contributed by atoms with Gasteiger partial charge >= 0.3 is 6.18 Å². The molecule has 0 heterocycles. The van der Waals surface area contributed by atoms with Crippen molar-refractivity contribution in [1.82, 2.24) is 0 Å². The fourth-order valence-electron chi connectivity index (χ4n) is 1.17. The maximum atomic E-state index is 11.7. The molecular weight excluding hydrogens is 129 g/mol. The molecule has 0 aromatic heterocycles. The summed E-state index contributed by atoms with van der Waals surface area (Å²) in [6.07, 6.45) is -3.25. The van der Waals surface area contributed by atoms with Gasteiger partial charge in [0.1, 0.15) is 0 Å². The van der Waals surface area contributed by atoms with E-state index >= 15 is 0 Å². The van der Waals surface area contributed by atoms with Crippen molar-refractivity contribution >= 4 is 0 Å². The topological polar surface area (TPSA) is 0 Å². The molecule has 0 bridgehead atoms. The Morgan fingerprint density at radius 2 is 1.67 bits per heavy atom. The molecule has 0 saturated heterocycles. The van der Waals surface area contributed by atoms with Gasteiger partial charge in [0.25, 0.3) is 0 Å². The average molecular weight is 138 g/mol. The summed E-state index contributed by atoms with van der Waals surface area (Å²) in [5, 5.41) is 0. The van der Waals surface area contributed by atoms with Crippen molar-refractivity contribution in [3.8, 4) is 0 Å². The van der Waals surface area contributed by atoms with Crippen molar-refractivity contribution < 1.29 is 13.2 Å². The zero-order valence-corrected chi connectivity index (χ0v) is 5.20. The maximum Gasteiger partial charge on any atom is 0.391 e. The summed E-state index contributed by atoms with van der Waals surface area (Å²) in [4.78, 5) is 0. The second kappa shape index (κ2) is 1.89. The average Bonchev–Trinajstić information content (AvgIpc) is 1.55. The Hall–Kier alpha value is -0.210. The Morgan fingerprint density at radius 3 is 1.78 bits per heavy atom.